The molecule has 0 aromatic heterocycles. The first-order valence-electron chi connectivity index (χ1n) is 13.9. The molecular formula is C29H41N3O5. The van der Waals surface area contributed by atoms with Gasteiger partial charge in [-0.3, -0.25) is 14.4 Å². The number of hydrogen-bond donors (Lipinski definition) is 2. The van der Waals surface area contributed by atoms with E-state index in [0.29, 0.717) is 17.9 Å². The van der Waals surface area contributed by atoms with E-state index in [4.69, 9.17) is 4.74 Å². The fourth-order valence-electron chi connectivity index (χ4n) is 6.37. The standard InChI is InChI=1S/C29H41N3O5/c1-29(2,3)15-22(28(36)32-16-23(33)26-25(32)24(34)17-37-26)30-27(35)20-9-7-18(8-10-20)19-11-13-31(14-12-19)21-5-4-6-21/h7-10,19,21-23,25-26,33H,4-6,11-17H2,1-3H3,(H,30,35)/t22-,23-,25+,26+/m0/s1. The van der Waals surface area contributed by atoms with Crippen LogP contribution < -0.4 is 5.32 Å². The van der Waals surface area contributed by atoms with E-state index in [2.05, 4.69) is 22.3 Å². The van der Waals surface area contributed by atoms with Crippen molar-refractivity contribution >= 4 is 17.6 Å². The van der Waals surface area contributed by atoms with E-state index in [0.717, 1.165) is 32.0 Å². The Kier molecular flexibility index (Phi) is 7.44. The largest absolute Gasteiger partial charge is 0.388 e. The molecule has 1 saturated carbocycles. The van der Waals surface area contributed by atoms with Crippen LogP contribution in [-0.2, 0) is 14.3 Å². The van der Waals surface area contributed by atoms with Crippen LogP contribution >= 0.6 is 0 Å². The SMILES string of the molecule is CC(C)(C)C[C@H](NC(=O)c1ccc(C2CCN(C3CCC3)CC2)cc1)C(=O)N1C[C@H](O)[C@H]2OCC(=O)[C@H]21. The lowest BCUT2D eigenvalue weighted by atomic mass is 9.85. The molecule has 3 aliphatic heterocycles. The number of fused-ring (bicyclic) bond motifs is 1. The summed E-state index contributed by atoms with van der Waals surface area (Å²) in [6.07, 6.45) is 5.17. The maximum absolute atomic E-state index is 13.6. The molecule has 3 heterocycles. The second-order valence-electron chi connectivity index (χ2n) is 12.6. The van der Waals surface area contributed by atoms with E-state index in [9.17, 15) is 19.5 Å². The zero-order valence-corrected chi connectivity index (χ0v) is 22.3. The van der Waals surface area contributed by atoms with Crippen molar-refractivity contribution < 1.29 is 24.2 Å². The van der Waals surface area contributed by atoms with Crippen molar-refractivity contribution in [3.8, 4) is 0 Å². The number of Topliss-reactive ketones (excluding diaryl/α,β-unsaturated/α-hetero) is 1. The Morgan fingerprint density at radius 2 is 1.78 bits per heavy atom. The number of rotatable bonds is 6. The van der Waals surface area contributed by atoms with Crippen LogP contribution in [0.15, 0.2) is 24.3 Å². The number of carbonyl (C=O) groups is 3. The molecule has 2 amide bonds. The Labute approximate surface area is 219 Å². The summed E-state index contributed by atoms with van der Waals surface area (Å²) in [7, 11) is 0. The van der Waals surface area contributed by atoms with Gasteiger partial charge in [0.1, 0.15) is 30.9 Å². The van der Waals surface area contributed by atoms with Gasteiger partial charge in [0.05, 0.1) is 6.54 Å². The number of carbonyl (C=O) groups excluding carboxylic acids is 3. The Bertz CT molecular complexity index is 1010. The number of amides is 2. The van der Waals surface area contributed by atoms with Gasteiger partial charge >= 0.3 is 0 Å². The highest BCUT2D eigenvalue weighted by atomic mass is 16.5. The number of likely N-dealkylation sites (tertiary alicyclic amines) is 2. The first-order chi connectivity index (χ1) is 17.6. The van der Waals surface area contributed by atoms with E-state index >= 15 is 0 Å². The topological polar surface area (TPSA) is 99.2 Å². The van der Waals surface area contributed by atoms with Crippen LogP contribution in [0.1, 0.15) is 81.1 Å². The number of nitrogens with zero attached hydrogens (tertiary/aromatic N) is 2. The number of nitrogens with one attached hydrogen (secondary N) is 1. The minimum Gasteiger partial charge on any atom is -0.388 e. The predicted octanol–water partition coefficient (Wildman–Crippen LogP) is 2.49. The first-order valence-corrected chi connectivity index (χ1v) is 13.9. The van der Waals surface area contributed by atoms with Gasteiger partial charge in [0.15, 0.2) is 5.78 Å². The number of aliphatic hydroxyl groups excluding tert-OH is 1. The second kappa shape index (κ2) is 10.5. The molecule has 0 spiro atoms. The van der Waals surface area contributed by atoms with E-state index in [1.807, 2.05) is 32.9 Å². The minimum atomic E-state index is -0.903. The molecule has 1 aromatic rings. The summed E-state index contributed by atoms with van der Waals surface area (Å²) in [6.45, 7) is 8.26. The maximum Gasteiger partial charge on any atom is 0.251 e. The van der Waals surface area contributed by atoms with Gasteiger partial charge in [-0.1, -0.05) is 39.3 Å². The fraction of sp³-hybridized carbons (Fsp3) is 0.690. The summed E-state index contributed by atoms with van der Waals surface area (Å²) in [6, 6.07) is 7.02. The molecule has 8 heteroatoms. The average molecular weight is 512 g/mol. The van der Waals surface area contributed by atoms with Crippen molar-refractivity contribution in [3.63, 3.8) is 0 Å². The lowest BCUT2D eigenvalue weighted by Crippen LogP contribution is -2.53. The molecule has 202 valence electrons. The van der Waals surface area contributed by atoms with E-state index in [-0.39, 0.29) is 36.2 Å². The number of benzene rings is 1. The third-order valence-corrected chi connectivity index (χ3v) is 8.63. The molecule has 4 aliphatic rings. The van der Waals surface area contributed by atoms with Gasteiger partial charge in [-0.2, -0.15) is 0 Å². The lowest BCUT2D eigenvalue weighted by Gasteiger charge is -2.42. The van der Waals surface area contributed by atoms with Crippen molar-refractivity contribution in [2.75, 3.05) is 26.2 Å². The molecular weight excluding hydrogens is 470 g/mol. The van der Waals surface area contributed by atoms with E-state index in [1.165, 1.54) is 29.7 Å². The van der Waals surface area contributed by atoms with Gasteiger partial charge in [-0.25, -0.2) is 0 Å². The van der Waals surface area contributed by atoms with Crippen LogP contribution in [0, 0.1) is 5.41 Å². The maximum atomic E-state index is 13.6. The van der Waals surface area contributed by atoms with Crippen molar-refractivity contribution in [1.29, 1.82) is 0 Å². The highest BCUT2D eigenvalue weighted by Gasteiger charge is 2.53. The Hall–Kier alpha value is -2.29. The summed E-state index contributed by atoms with van der Waals surface area (Å²) < 4.78 is 5.42. The molecule has 4 atom stereocenters. The van der Waals surface area contributed by atoms with Gasteiger partial charge in [-0.05, 0) is 74.2 Å². The van der Waals surface area contributed by atoms with Crippen LogP contribution in [0.2, 0.25) is 0 Å². The third-order valence-electron chi connectivity index (χ3n) is 8.63. The van der Waals surface area contributed by atoms with Gasteiger partial charge in [-0.15, -0.1) is 0 Å². The number of hydrogen-bond acceptors (Lipinski definition) is 6. The zero-order chi connectivity index (χ0) is 26.3. The molecule has 1 aromatic carbocycles. The van der Waals surface area contributed by atoms with E-state index in [1.54, 1.807) is 0 Å². The van der Waals surface area contributed by atoms with Crippen LogP contribution in [0.25, 0.3) is 0 Å². The normalized spacial score (nSPS) is 28.2. The Morgan fingerprint density at radius 1 is 1.11 bits per heavy atom. The highest BCUT2D eigenvalue weighted by Crippen LogP contribution is 2.34. The lowest BCUT2D eigenvalue weighted by molar-refractivity contribution is -0.138. The van der Waals surface area contributed by atoms with Crippen molar-refractivity contribution in [1.82, 2.24) is 15.1 Å². The first kappa shape index (κ1) is 26.3. The number of ether oxygens (including phenoxy) is 1. The molecule has 0 radical (unpaired) electrons. The molecule has 5 rings (SSSR count). The Balaban J connectivity index is 1.24. The molecule has 0 unspecified atom stereocenters. The molecule has 1 aliphatic carbocycles. The molecule has 2 N–H and O–H groups in total. The zero-order valence-electron chi connectivity index (χ0n) is 22.3. The predicted molar refractivity (Wildman–Crippen MR) is 139 cm³/mol. The van der Waals surface area contributed by atoms with Crippen LogP contribution in [-0.4, -0.2) is 89.1 Å². The smallest absolute Gasteiger partial charge is 0.251 e. The second-order valence-corrected chi connectivity index (χ2v) is 12.6. The molecule has 3 saturated heterocycles. The summed E-state index contributed by atoms with van der Waals surface area (Å²) in [5, 5.41) is 13.3. The van der Waals surface area contributed by atoms with Gasteiger partial charge < -0.3 is 25.0 Å². The number of aliphatic hydroxyl groups is 1. The molecule has 8 nitrogen and oxygen atoms in total. The van der Waals surface area contributed by atoms with Gasteiger partial charge in [0, 0.05) is 11.6 Å². The average Bonchev–Trinajstić information content (AvgIpc) is 3.37. The van der Waals surface area contributed by atoms with Crippen molar-refractivity contribution in [2.24, 2.45) is 5.41 Å². The monoisotopic (exact) mass is 511 g/mol. The summed E-state index contributed by atoms with van der Waals surface area (Å²) in [4.78, 5) is 43.2. The van der Waals surface area contributed by atoms with Crippen LogP contribution in [0.3, 0.4) is 0 Å². The summed E-state index contributed by atoms with van der Waals surface area (Å²) in [5.74, 6) is -0.336. The highest BCUT2D eigenvalue weighted by molar-refractivity contribution is 5.99. The summed E-state index contributed by atoms with van der Waals surface area (Å²) in [5.41, 5.74) is 1.55. The van der Waals surface area contributed by atoms with Crippen molar-refractivity contribution in [3.05, 3.63) is 35.4 Å². The molecule has 4 fully saturated rings. The fourth-order valence-corrected chi connectivity index (χ4v) is 6.37. The quantitative estimate of drug-likeness (QED) is 0.609. The minimum absolute atomic E-state index is 0.0324. The van der Waals surface area contributed by atoms with Gasteiger partial charge in [0.2, 0.25) is 5.91 Å². The van der Waals surface area contributed by atoms with Crippen molar-refractivity contribution in [2.45, 2.75) is 95.5 Å². The Morgan fingerprint density at radius 3 is 2.38 bits per heavy atom. The molecule has 37 heavy (non-hydrogen) atoms. The van der Waals surface area contributed by atoms with Crippen LogP contribution in [0.5, 0.6) is 0 Å². The number of piperidine rings is 1. The molecule has 0 bridgehead atoms. The van der Waals surface area contributed by atoms with E-state index < -0.39 is 24.3 Å². The number of β-amino-alcohol motifs (C(OH)–C–C–N with tert-alkyl or cyclic N) is 1. The third kappa shape index (κ3) is 5.61. The summed E-state index contributed by atoms with van der Waals surface area (Å²) >= 11 is 0. The van der Waals surface area contributed by atoms with Gasteiger partial charge in [0.25, 0.3) is 5.91 Å². The van der Waals surface area contributed by atoms with Crippen LogP contribution in [0.4, 0.5) is 0 Å². The number of ketones is 1.